The van der Waals surface area contributed by atoms with Crippen molar-refractivity contribution in [3.63, 3.8) is 0 Å². The molecule has 2 amide bonds. The van der Waals surface area contributed by atoms with Crippen LogP contribution in [0.25, 0.3) is 0 Å². The molecule has 1 N–H and O–H groups in total. The van der Waals surface area contributed by atoms with E-state index in [9.17, 15) is 14.0 Å². The largest absolute Gasteiger partial charge is 0.493 e. The van der Waals surface area contributed by atoms with Gasteiger partial charge in [0, 0.05) is 18.7 Å². The number of ether oxygens (including phenoxy) is 2. The van der Waals surface area contributed by atoms with Crippen LogP contribution in [0, 0.1) is 5.82 Å². The molecule has 1 atom stereocenters. The number of anilines is 1. The monoisotopic (exact) mass is 398 g/mol. The number of carbonyl (C=O) groups is 2. The Balaban J connectivity index is 1.64. The molecule has 0 spiro atoms. The lowest BCUT2D eigenvalue weighted by Crippen LogP contribution is -2.31. The Morgan fingerprint density at radius 2 is 1.93 bits per heavy atom. The molecule has 0 unspecified atom stereocenters. The Bertz CT molecular complexity index is 976. The fourth-order valence-electron chi connectivity index (χ4n) is 4.14. The molecule has 0 aromatic heterocycles. The molecule has 1 saturated heterocycles. The van der Waals surface area contributed by atoms with Gasteiger partial charge in [-0.25, -0.2) is 4.39 Å². The number of carbonyl (C=O) groups excluding carboxylic acids is 2. The number of nitrogens with one attached hydrogen (secondary N) is 1. The Hall–Kier alpha value is -3.09. The molecule has 0 radical (unpaired) electrons. The number of rotatable bonds is 4. The van der Waals surface area contributed by atoms with Crippen LogP contribution in [0.15, 0.2) is 30.3 Å². The van der Waals surface area contributed by atoms with Crippen molar-refractivity contribution in [1.82, 2.24) is 4.90 Å². The van der Waals surface area contributed by atoms with Gasteiger partial charge in [-0.1, -0.05) is 6.07 Å². The van der Waals surface area contributed by atoms with E-state index in [-0.39, 0.29) is 23.4 Å². The first-order valence-corrected chi connectivity index (χ1v) is 9.67. The lowest BCUT2D eigenvalue weighted by molar-refractivity contribution is -0.116. The van der Waals surface area contributed by atoms with Crippen LogP contribution >= 0.6 is 0 Å². The zero-order valence-corrected chi connectivity index (χ0v) is 16.5. The van der Waals surface area contributed by atoms with Gasteiger partial charge in [-0.2, -0.15) is 0 Å². The van der Waals surface area contributed by atoms with Gasteiger partial charge in [-0.15, -0.1) is 0 Å². The van der Waals surface area contributed by atoms with Gasteiger partial charge in [0.25, 0.3) is 5.91 Å². The maximum absolute atomic E-state index is 14.7. The van der Waals surface area contributed by atoms with E-state index in [1.165, 1.54) is 6.07 Å². The molecule has 6 nitrogen and oxygen atoms in total. The fourth-order valence-corrected chi connectivity index (χ4v) is 4.14. The summed E-state index contributed by atoms with van der Waals surface area (Å²) in [4.78, 5) is 26.5. The van der Waals surface area contributed by atoms with Crippen LogP contribution in [0.5, 0.6) is 11.5 Å². The van der Waals surface area contributed by atoms with Crippen LogP contribution in [0.3, 0.4) is 0 Å². The average molecular weight is 398 g/mol. The lowest BCUT2D eigenvalue weighted by Gasteiger charge is -2.27. The summed E-state index contributed by atoms with van der Waals surface area (Å²) in [6.07, 6.45) is 2.47. The fraction of sp³-hybridized carbons (Fsp3) is 0.364. The van der Waals surface area contributed by atoms with E-state index in [0.717, 1.165) is 24.0 Å². The first kappa shape index (κ1) is 19.2. The SMILES string of the molecule is COc1ccc([C@H]2CCCN2C(=O)c2cc3c(cc2F)NC(=O)CC3)cc1OC. The van der Waals surface area contributed by atoms with Crippen molar-refractivity contribution in [1.29, 1.82) is 0 Å². The first-order chi connectivity index (χ1) is 14.0. The molecule has 2 aromatic carbocycles. The van der Waals surface area contributed by atoms with Gasteiger partial charge in [-0.05, 0) is 54.7 Å². The van der Waals surface area contributed by atoms with E-state index < -0.39 is 5.82 Å². The topological polar surface area (TPSA) is 67.9 Å². The normalized spacial score (nSPS) is 18.2. The summed E-state index contributed by atoms with van der Waals surface area (Å²) in [5.41, 5.74) is 2.22. The average Bonchev–Trinajstić information content (AvgIpc) is 3.22. The smallest absolute Gasteiger partial charge is 0.257 e. The van der Waals surface area contributed by atoms with Gasteiger partial charge in [0.1, 0.15) is 5.82 Å². The van der Waals surface area contributed by atoms with Crippen LogP contribution in [-0.4, -0.2) is 37.5 Å². The molecule has 1 fully saturated rings. The third kappa shape index (κ3) is 3.52. The second-order valence-corrected chi connectivity index (χ2v) is 7.31. The zero-order chi connectivity index (χ0) is 20.5. The molecule has 0 aliphatic carbocycles. The zero-order valence-electron chi connectivity index (χ0n) is 16.5. The second kappa shape index (κ2) is 7.73. The molecule has 2 heterocycles. The van der Waals surface area contributed by atoms with E-state index in [4.69, 9.17) is 9.47 Å². The van der Waals surface area contributed by atoms with Gasteiger partial charge in [0.2, 0.25) is 5.91 Å². The number of nitrogens with zero attached hydrogens (tertiary/aromatic N) is 1. The number of fused-ring (bicyclic) bond motifs is 1. The molecule has 0 bridgehead atoms. The van der Waals surface area contributed by atoms with E-state index in [0.29, 0.717) is 36.6 Å². The minimum absolute atomic E-state index is 0.0484. The number of aryl methyl sites for hydroxylation is 1. The molecule has 2 aliphatic rings. The second-order valence-electron chi connectivity index (χ2n) is 7.31. The van der Waals surface area contributed by atoms with Gasteiger partial charge in [0.05, 0.1) is 25.8 Å². The minimum Gasteiger partial charge on any atom is -0.493 e. The predicted molar refractivity (Wildman–Crippen MR) is 106 cm³/mol. The van der Waals surface area contributed by atoms with E-state index >= 15 is 0 Å². The summed E-state index contributed by atoms with van der Waals surface area (Å²) in [7, 11) is 3.14. The summed E-state index contributed by atoms with van der Waals surface area (Å²) >= 11 is 0. The number of methoxy groups -OCH3 is 2. The minimum atomic E-state index is -0.617. The molecule has 2 aromatic rings. The Morgan fingerprint density at radius 3 is 2.69 bits per heavy atom. The molecule has 0 saturated carbocycles. The summed E-state index contributed by atoms with van der Waals surface area (Å²) in [6.45, 7) is 0.561. The number of hydrogen-bond donors (Lipinski definition) is 1. The van der Waals surface area contributed by atoms with Crippen molar-refractivity contribution >= 4 is 17.5 Å². The number of hydrogen-bond acceptors (Lipinski definition) is 4. The highest BCUT2D eigenvalue weighted by Gasteiger charge is 2.33. The van der Waals surface area contributed by atoms with Crippen molar-refractivity contribution in [3.05, 3.63) is 52.8 Å². The number of benzene rings is 2. The highest BCUT2D eigenvalue weighted by Crippen LogP contribution is 2.38. The van der Waals surface area contributed by atoms with Crippen LogP contribution in [0.4, 0.5) is 10.1 Å². The maximum Gasteiger partial charge on any atom is 0.257 e. The highest BCUT2D eigenvalue weighted by molar-refractivity contribution is 5.98. The highest BCUT2D eigenvalue weighted by atomic mass is 19.1. The predicted octanol–water partition coefficient (Wildman–Crippen LogP) is 3.70. The molecular formula is C22H23FN2O4. The van der Waals surface area contributed by atoms with Crippen molar-refractivity contribution in [2.45, 2.75) is 31.7 Å². The summed E-state index contributed by atoms with van der Waals surface area (Å²) in [6, 6.07) is 8.27. The molecule has 7 heteroatoms. The van der Waals surface area contributed by atoms with Gasteiger partial charge < -0.3 is 19.7 Å². The maximum atomic E-state index is 14.7. The molecule has 29 heavy (non-hydrogen) atoms. The van der Waals surface area contributed by atoms with Crippen molar-refractivity contribution in [3.8, 4) is 11.5 Å². The van der Waals surface area contributed by atoms with Crippen molar-refractivity contribution < 1.29 is 23.5 Å². The molecule has 4 rings (SSSR count). The molecule has 2 aliphatic heterocycles. The van der Waals surface area contributed by atoms with E-state index in [1.54, 1.807) is 25.2 Å². The molecular weight excluding hydrogens is 375 g/mol. The van der Waals surface area contributed by atoms with Crippen LogP contribution in [0.2, 0.25) is 0 Å². The van der Waals surface area contributed by atoms with Crippen LogP contribution in [-0.2, 0) is 11.2 Å². The number of amides is 2. The number of likely N-dealkylation sites (tertiary alicyclic amines) is 1. The summed E-state index contributed by atoms with van der Waals surface area (Å²) in [5.74, 6) is 0.132. The quantitative estimate of drug-likeness (QED) is 0.853. The Kier molecular flexibility index (Phi) is 5.13. The third-order valence-electron chi connectivity index (χ3n) is 5.62. The van der Waals surface area contributed by atoms with E-state index in [1.807, 2.05) is 18.2 Å². The van der Waals surface area contributed by atoms with Crippen molar-refractivity contribution in [2.75, 3.05) is 26.1 Å². The Morgan fingerprint density at radius 1 is 1.14 bits per heavy atom. The molecule has 152 valence electrons. The van der Waals surface area contributed by atoms with Gasteiger partial charge in [-0.3, -0.25) is 9.59 Å². The first-order valence-electron chi connectivity index (χ1n) is 9.67. The van der Waals surface area contributed by atoms with Gasteiger partial charge in [0.15, 0.2) is 11.5 Å². The van der Waals surface area contributed by atoms with Crippen molar-refractivity contribution in [2.24, 2.45) is 0 Å². The Labute approximate surface area is 168 Å². The van der Waals surface area contributed by atoms with E-state index in [2.05, 4.69) is 5.32 Å². The van der Waals surface area contributed by atoms with Crippen LogP contribution < -0.4 is 14.8 Å². The lowest BCUT2D eigenvalue weighted by atomic mass is 9.98. The van der Waals surface area contributed by atoms with Gasteiger partial charge >= 0.3 is 0 Å². The number of halogens is 1. The summed E-state index contributed by atoms with van der Waals surface area (Å²) < 4.78 is 25.4. The summed E-state index contributed by atoms with van der Waals surface area (Å²) in [5, 5.41) is 2.66. The van der Waals surface area contributed by atoms with Crippen LogP contribution in [0.1, 0.15) is 46.8 Å². The third-order valence-corrected chi connectivity index (χ3v) is 5.62. The standard InChI is InChI=1S/C22H23FN2O4/c1-28-19-7-5-14(11-20(19)29-2)18-4-3-9-25(18)22(27)15-10-13-6-8-21(26)24-17(13)12-16(15)23/h5,7,10-12,18H,3-4,6,8-9H2,1-2H3,(H,24,26)/t18-/m1/s1.